The van der Waals surface area contributed by atoms with Crippen molar-refractivity contribution in [2.24, 2.45) is 5.41 Å². The molecule has 13 atom stereocenters. The number of rotatable bonds is 9. The zero-order valence-electron chi connectivity index (χ0n) is 91.2. The fourth-order valence-electron chi connectivity index (χ4n) is 14.8. The van der Waals surface area contributed by atoms with Gasteiger partial charge in [0.1, 0.15) is 126 Å². The van der Waals surface area contributed by atoms with Gasteiger partial charge in [0.05, 0.1) is 56.0 Å². The average Bonchev–Trinajstić information content (AvgIpc) is 1.58. The molecule has 9 saturated heterocycles. The Hall–Kier alpha value is -12.0. The molecular weight excluding hydrogens is 2030 g/mol. The summed E-state index contributed by atoms with van der Waals surface area (Å²) in [6, 6.07) is -10.2. The second-order valence-corrected chi connectivity index (χ2v) is 46.2. The average molecular weight is 2180 g/mol. The zero-order chi connectivity index (χ0) is 117. The second kappa shape index (κ2) is 51.4. The quantitative estimate of drug-likeness (QED) is 0.0764. The van der Waals surface area contributed by atoms with Gasteiger partial charge >= 0.3 is 109 Å². The van der Waals surface area contributed by atoms with Crippen molar-refractivity contribution in [2.45, 2.75) is 419 Å². The molecule has 10 fully saturated rings. The molecule has 1 saturated carbocycles. The predicted octanol–water partition coefficient (Wildman–Crippen LogP) is 12.7. The summed E-state index contributed by atoms with van der Waals surface area (Å²) in [4.78, 5) is 213. The summed E-state index contributed by atoms with van der Waals surface area (Å²) in [6.07, 6.45) is -9.46. The molecule has 1 aliphatic carbocycles. The Morgan fingerprint density at radius 3 is 0.853 bits per heavy atom. The number of nitrogens with zero attached hydrogens (tertiary/aromatic N) is 9. The third-order valence-corrected chi connectivity index (χ3v) is 21.5. The van der Waals surface area contributed by atoms with Crippen molar-refractivity contribution in [3.63, 3.8) is 0 Å². The number of hydrogen-bond acceptors (Lipinski definition) is 32. The number of halogens is 6. The molecule has 0 aromatic heterocycles. The van der Waals surface area contributed by atoms with Crippen LogP contribution in [0, 0.1) is 5.41 Å². The molecule has 9 amide bonds. The molecule has 0 aromatic rings. The van der Waals surface area contributed by atoms with Crippen LogP contribution in [0.4, 0.5) is 69.5 Å². The number of hydrogen-bond donors (Lipinski definition) is 9. The monoisotopic (exact) mass is 2180 g/mol. The maximum Gasteiger partial charge on any atom is 0.412 e. The van der Waals surface area contributed by atoms with E-state index in [1.807, 2.05) is 0 Å². The maximum absolute atomic E-state index is 13.9. The number of carbonyl (C=O) groups excluding carboxylic acids is 9. The van der Waals surface area contributed by atoms with Gasteiger partial charge in [-0.25, -0.2) is 113 Å². The van der Waals surface area contributed by atoms with E-state index >= 15 is 0 Å². The first-order valence-corrected chi connectivity index (χ1v) is 47.4. The number of amides is 9. The van der Waals surface area contributed by atoms with Gasteiger partial charge in [-0.05, 0) is 234 Å². The summed E-state index contributed by atoms with van der Waals surface area (Å²) < 4.78 is 151. The van der Waals surface area contributed by atoms with Crippen molar-refractivity contribution in [2.75, 3.05) is 66.4 Å². The minimum absolute atomic E-state index is 0.00806. The van der Waals surface area contributed by atoms with E-state index in [-0.39, 0.29) is 66.2 Å². The lowest BCUT2D eigenvalue weighted by molar-refractivity contribution is -0.150. The van der Waals surface area contributed by atoms with Crippen LogP contribution in [0.3, 0.4) is 0 Å². The number of carboxylic acids is 9. The van der Waals surface area contributed by atoms with Crippen LogP contribution in [0.15, 0.2) is 0 Å². The Morgan fingerprint density at radius 1 is 0.300 bits per heavy atom. The van der Waals surface area contributed by atoms with Gasteiger partial charge in [0.2, 0.25) is 0 Å². The normalized spacial score (nSPS) is 24.7. The van der Waals surface area contributed by atoms with Gasteiger partial charge in [-0.3, -0.25) is 44.1 Å². The minimum Gasteiger partial charge on any atom is -0.480 e. The van der Waals surface area contributed by atoms with Gasteiger partial charge in [0.25, 0.3) is 11.8 Å². The van der Waals surface area contributed by atoms with E-state index in [1.54, 1.807) is 215 Å². The van der Waals surface area contributed by atoms with E-state index in [4.69, 9.17) is 107 Å². The number of carbonyl (C=O) groups is 18. The number of ether oxygens (including phenoxy) is 14. The van der Waals surface area contributed by atoms with E-state index in [1.165, 1.54) is 4.90 Å². The van der Waals surface area contributed by atoms with E-state index in [0.29, 0.717) is 22.6 Å². The summed E-state index contributed by atoms with van der Waals surface area (Å²) in [7, 11) is 0. The first-order valence-electron chi connectivity index (χ1n) is 47.4. The molecule has 0 aromatic carbocycles. The molecule has 50 nitrogen and oxygen atoms in total. The summed E-state index contributed by atoms with van der Waals surface area (Å²) in [5.74, 6) is -17.2. The van der Waals surface area contributed by atoms with E-state index < -0.39 is 286 Å². The van der Waals surface area contributed by atoms with Gasteiger partial charge in [-0.1, -0.05) is 13.8 Å². The van der Waals surface area contributed by atoms with E-state index in [0.717, 1.165) is 49.7 Å². The molecule has 862 valence electrons. The van der Waals surface area contributed by atoms with Crippen LogP contribution in [0.2, 0.25) is 0 Å². The molecule has 150 heavy (non-hydrogen) atoms. The molecule has 0 unspecified atom stereocenters. The molecule has 1 spiro atoms. The molecule has 56 heteroatoms. The fourth-order valence-corrected chi connectivity index (χ4v) is 14.8. The number of aliphatic carboxylic acids is 9. The van der Waals surface area contributed by atoms with Crippen LogP contribution in [0.25, 0.3) is 0 Å². The van der Waals surface area contributed by atoms with Crippen LogP contribution < -0.4 is 0 Å². The topological polar surface area (TPSA) is 648 Å². The van der Waals surface area contributed by atoms with Crippen molar-refractivity contribution in [1.82, 2.24) is 44.1 Å². The Labute approximate surface area is 865 Å². The van der Waals surface area contributed by atoms with Crippen molar-refractivity contribution in [1.29, 1.82) is 0 Å². The molecule has 0 bridgehead atoms. The molecular formula is C94H153F6N9O41. The maximum atomic E-state index is 13.9. The van der Waals surface area contributed by atoms with Crippen molar-refractivity contribution < 1.29 is 225 Å². The van der Waals surface area contributed by atoms with Gasteiger partial charge in [0.15, 0.2) is 30.2 Å². The summed E-state index contributed by atoms with van der Waals surface area (Å²) in [5.41, 5.74) is -9.84. The van der Waals surface area contributed by atoms with Gasteiger partial charge in [-0.15, -0.1) is 0 Å². The Balaban J connectivity index is 0.000000570. The van der Waals surface area contributed by atoms with Crippen LogP contribution >= 0.6 is 0 Å². The standard InChI is InChI=1S/C12H19F2NO4.C12H19NO5.C11H19NO5.C10H15F2NO4.2C10H16FNO4.2C10H17NO5.C9H15NO5/c1-10(2,3)19-9(18)15-6-12(13,14)11(4,5)7(15)8(16)17;1-11(2,3)18-10(16)13-7-17-12(5-4-6-12)8(13)9(14)15;1-10(2,3)17-9(15)12-6-16-11(4,5)7(12)8(13)14;1-9(2,3)17-8(16)13-5-10(11,12)4-6(13)7(14)15;2*1-10(2,3)16-9(15)12-5-6(11)4-7(12)8(13)14;2*1-6-7(8(12)13)11(5-15-6)9(14)16-10(2,3)4;1-9(2,3)15-8(13)10-5-14-4-6(10)7(11)12/h7H,6H2,1-5H3,(H,16,17);8H,4-7H2,1-3H3,(H,14,15);7H,6H2,1-5H3,(H,13,14);6H,4-5H2,1-3H3,(H,14,15);2*6-7H,4-5H2,1-3H3,(H,13,14);2*6-7H,5H2,1-4H3,(H,12,13);6H,4-5H2,1-3H3,(H,11,12)/t7-;8-;7-;6-;6-,7+;6-,7-;6-,7+;6-,7-;6-/m111010100/s1. The van der Waals surface area contributed by atoms with Crippen LogP contribution in [0.5, 0.6) is 0 Å². The number of alkyl halides is 6. The van der Waals surface area contributed by atoms with Gasteiger partial charge in [0, 0.05) is 19.3 Å². The number of carboxylic acid groups (broad SMARTS) is 9. The first-order chi connectivity index (χ1) is 67.3. The zero-order valence-corrected chi connectivity index (χ0v) is 91.2. The van der Waals surface area contributed by atoms with Gasteiger partial charge < -0.3 is 112 Å². The lowest BCUT2D eigenvalue weighted by Crippen LogP contribution is -2.56. The van der Waals surface area contributed by atoms with E-state index in [2.05, 4.69) is 0 Å². The van der Waals surface area contributed by atoms with Crippen LogP contribution in [-0.2, 0) is 109 Å². The Bertz CT molecular complexity index is 4530. The SMILES string of the molecule is CC(C)(C)OC(=O)N1CC(F)(F)C(C)(C)[C@H]1C(=O)O.CC(C)(C)OC(=O)N1CC(F)(F)C[C@H]1C(=O)O.CC(C)(C)OC(=O)N1COC(C)(C)[C@H]1C(=O)O.CC(C)(C)OC(=O)N1COC2(CCC2)[C@H]1C(=O)O.CC(C)(C)OC(=O)N1COC[C@H]1C(=O)O.CC(C)(C)OC(=O)N1C[C@@H](F)C[C@H]1C(=O)O.CC(C)(C)OC(=O)N1C[C@H](F)C[C@H]1C(=O)O.C[C@@H]1OCN(C(=O)OC(C)(C)C)[C@@H]1C(=O)O.C[C@H]1OCN(C(=O)OC(C)(C)C)[C@@H]1C(=O)O. The highest BCUT2D eigenvalue weighted by atomic mass is 19.3. The number of likely N-dealkylation sites (tertiary alicyclic amines) is 4. The lowest BCUT2D eigenvalue weighted by Gasteiger charge is -2.40. The minimum atomic E-state index is -3.28. The molecule has 10 aliphatic rings. The van der Waals surface area contributed by atoms with Crippen molar-refractivity contribution in [3.05, 3.63) is 0 Å². The highest BCUT2D eigenvalue weighted by molar-refractivity contribution is 5.87. The van der Waals surface area contributed by atoms with Gasteiger partial charge in [-0.2, -0.15) is 0 Å². The molecule has 9 aliphatic heterocycles. The fraction of sp³-hybridized carbons (Fsp3) is 0.809. The molecule has 0 radical (unpaired) electrons. The van der Waals surface area contributed by atoms with Crippen LogP contribution in [-0.4, -0.2) is 417 Å². The largest absolute Gasteiger partial charge is 0.480 e. The lowest BCUT2D eigenvalue weighted by atomic mass is 9.75. The Morgan fingerprint density at radius 2 is 0.573 bits per heavy atom. The smallest absolute Gasteiger partial charge is 0.412 e. The molecule has 10 rings (SSSR count). The highest BCUT2D eigenvalue weighted by Gasteiger charge is 2.66. The van der Waals surface area contributed by atoms with Crippen molar-refractivity contribution in [3.8, 4) is 0 Å². The Kier molecular flexibility index (Phi) is 46.0. The predicted molar refractivity (Wildman–Crippen MR) is 506 cm³/mol. The highest BCUT2D eigenvalue weighted by Crippen LogP contribution is 2.49. The third kappa shape index (κ3) is 42.0. The van der Waals surface area contributed by atoms with Crippen LogP contribution in [0.1, 0.15) is 267 Å². The summed E-state index contributed by atoms with van der Waals surface area (Å²) >= 11 is 0. The molecule has 9 N–H and O–H groups in total. The third-order valence-electron chi connectivity index (χ3n) is 21.5. The molecule has 9 heterocycles. The summed E-state index contributed by atoms with van der Waals surface area (Å²) in [5, 5.41) is 80.7. The summed E-state index contributed by atoms with van der Waals surface area (Å²) in [6.45, 7) is 51.7. The van der Waals surface area contributed by atoms with E-state index in [9.17, 15) is 118 Å². The van der Waals surface area contributed by atoms with Crippen molar-refractivity contribution >= 4 is 109 Å². The second-order valence-electron chi connectivity index (χ2n) is 46.2. The first kappa shape index (κ1) is 134.